The Kier molecular flexibility index (Phi) is 5.48. The predicted octanol–water partition coefficient (Wildman–Crippen LogP) is 1.91. The van der Waals surface area contributed by atoms with Crippen LogP contribution in [-0.2, 0) is 9.53 Å². The number of rotatable bonds is 3. The van der Waals surface area contributed by atoms with Crippen molar-refractivity contribution >= 4 is 33.9 Å². The Bertz CT molecular complexity index is 282. The van der Waals surface area contributed by atoms with Gasteiger partial charge in [-0.25, -0.2) is 0 Å². The molecule has 0 unspecified atom stereocenters. The molecular weight excluding hydrogens is 244 g/mol. The molecule has 0 saturated carbocycles. The summed E-state index contributed by atoms with van der Waals surface area (Å²) in [5.74, 6) is 0.189. The number of carbonyl (C=O) groups is 1. The average molecular weight is 262 g/mol. The topological polar surface area (TPSA) is 50.7 Å². The van der Waals surface area contributed by atoms with Gasteiger partial charge in [-0.1, -0.05) is 25.6 Å². The van der Waals surface area contributed by atoms with E-state index in [0.29, 0.717) is 12.5 Å². The van der Waals surface area contributed by atoms with Crippen LogP contribution in [-0.4, -0.2) is 34.5 Å². The highest BCUT2D eigenvalue weighted by atomic mass is 32.2. The molecule has 0 amide bonds. The van der Waals surface area contributed by atoms with Gasteiger partial charge in [-0.15, -0.1) is 11.8 Å². The summed E-state index contributed by atoms with van der Waals surface area (Å²) in [6.45, 7) is 6.40. The van der Waals surface area contributed by atoms with E-state index in [2.05, 4.69) is 24.4 Å². The van der Waals surface area contributed by atoms with Crippen molar-refractivity contribution in [3.63, 3.8) is 0 Å². The van der Waals surface area contributed by atoms with Crippen molar-refractivity contribution in [2.24, 2.45) is 11.0 Å². The molecule has 1 N–H and O–H groups in total. The third-order valence-corrected chi connectivity index (χ3v) is 4.53. The molecule has 1 heterocycles. The van der Waals surface area contributed by atoms with Crippen molar-refractivity contribution in [1.82, 2.24) is 5.43 Å². The zero-order valence-electron chi connectivity index (χ0n) is 10.0. The summed E-state index contributed by atoms with van der Waals surface area (Å²) in [5, 5.41) is 4.03. The van der Waals surface area contributed by atoms with E-state index >= 15 is 0 Å². The van der Waals surface area contributed by atoms with Gasteiger partial charge >= 0.3 is 5.97 Å². The predicted molar refractivity (Wildman–Crippen MR) is 70.7 cm³/mol. The second-order valence-electron chi connectivity index (χ2n) is 3.77. The summed E-state index contributed by atoms with van der Waals surface area (Å²) in [6, 6.07) is 0.0416. The van der Waals surface area contributed by atoms with Gasteiger partial charge in [0.15, 0.2) is 4.38 Å². The molecule has 4 nitrogen and oxygen atoms in total. The first-order valence-electron chi connectivity index (χ1n) is 5.30. The summed E-state index contributed by atoms with van der Waals surface area (Å²) in [6.07, 6.45) is 1.95. The van der Waals surface area contributed by atoms with E-state index in [0.717, 1.165) is 4.38 Å². The van der Waals surface area contributed by atoms with Crippen LogP contribution >= 0.6 is 23.5 Å². The fourth-order valence-electron chi connectivity index (χ4n) is 1.41. The van der Waals surface area contributed by atoms with Crippen molar-refractivity contribution < 1.29 is 9.53 Å². The smallest absolute Gasteiger partial charge is 0.321 e. The number of ether oxygens (including phenoxy) is 1. The molecule has 0 radical (unpaired) electrons. The number of hydrogen-bond donors (Lipinski definition) is 1. The third-order valence-electron chi connectivity index (χ3n) is 2.27. The van der Waals surface area contributed by atoms with Gasteiger partial charge in [-0.05, 0) is 19.1 Å². The number of carbonyl (C=O) groups excluding carboxylic acids is 1. The fourth-order valence-corrected chi connectivity index (χ4v) is 3.26. The SMILES string of the molecule is CCOC(=O)[C@H]1SC(SC)=NN[C@H]1C(C)C. The minimum atomic E-state index is -0.195. The van der Waals surface area contributed by atoms with E-state index in [1.54, 1.807) is 11.8 Å². The summed E-state index contributed by atoms with van der Waals surface area (Å²) < 4.78 is 5.97. The van der Waals surface area contributed by atoms with Crippen LogP contribution in [0.2, 0.25) is 0 Å². The Morgan fingerprint density at radius 3 is 2.88 bits per heavy atom. The van der Waals surface area contributed by atoms with Crippen LogP contribution in [0.1, 0.15) is 20.8 Å². The van der Waals surface area contributed by atoms with E-state index in [1.165, 1.54) is 11.8 Å². The maximum absolute atomic E-state index is 11.8. The van der Waals surface area contributed by atoms with Crippen LogP contribution in [0.25, 0.3) is 0 Å². The van der Waals surface area contributed by atoms with E-state index in [9.17, 15) is 4.79 Å². The molecule has 0 bridgehead atoms. The Hall–Kier alpha value is -0.360. The first-order chi connectivity index (χ1) is 7.60. The first-order valence-corrected chi connectivity index (χ1v) is 7.41. The maximum atomic E-state index is 11.8. The minimum absolute atomic E-state index is 0.0416. The highest BCUT2D eigenvalue weighted by Crippen LogP contribution is 2.29. The Labute approximate surface area is 105 Å². The molecule has 0 saturated heterocycles. The molecule has 0 aromatic heterocycles. The van der Waals surface area contributed by atoms with E-state index in [-0.39, 0.29) is 17.3 Å². The third kappa shape index (κ3) is 3.31. The van der Waals surface area contributed by atoms with Crippen molar-refractivity contribution in [3.8, 4) is 0 Å². The normalized spacial score (nSPS) is 24.9. The molecule has 1 aliphatic heterocycles. The van der Waals surface area contributed by atoms with E-state index in [4.69, 9.17) is 4.74 Å². The lowest BCUT2D eigenvalue weighted by atomic mass is 10.0. The average Bonchev–Trinajstić information content (AvgIpc) is 2.28. The number of hydrogen-bond acceptors (Lipinski definition) is 6. The molecule has 1 rings (SSSR count). The number of hydrazone groups is 1. The lowest BCUT2D eigenvalue weighted by Gasteiger charge is -2.31. The number of nitrogens with one attached hydrogen (secondary N) is 1. The molecule has 0 aliphatic carbocycles. The number of nitrogens with zero attached hydrogens (tertiary/aromatic N) is 1. The monoisotopic (exact) mass is 262 g/mol. The zero-order chi connectivity index (χ0) is 12.1. The molecule has 0 fully saturated rings. The van der Waals surface area contributed by atoms with Crippen LogP contribution in [0.3, 0.4) is 0 Å². The fraction of sp³-hybridized carbons (Fsp3) is 0.800. The summed E-state index contributed by atoms with van der Waals surface area (Å²) >= 11 is 3.03. The van der Waals surface area contributed by atoms with Gasteiger partial charge in [0.1, 0.15) is 5.25 Å². The lowest BCUT2D eigenvalue weighted by Crippen LogP contribution is -2.47. The van der Waals surface area contributed by atoms with Gasteiger partial charge in [-0.3, -0.25) is 4.79 Å². The Morgan fingerprint density at radius 1 is 1.69 bits per heavy atom. The highest BCUT2D eigenvalue weighted by Gasteiger charge is 2.36. The van der Waals surface area contributed by atoms with Crippen LogP contribution in [0.5, 0.6) is 0 Å². The lowest BCUT2D eigenvalue weighted by molar-refractivity contribution is -0.143. The molecular formula is C10H18N2O2S2. The second-order valence-corrected chi connectivity index (χ2v) is 5.95. The van der Waals surface area contributed by atoms with Crippen molar-refractivity contribution in [3.05, 3.63) is 0 Å². The molecule has 6 heteroatoms. The first kappa shape index (κ1) is 13.7. The molecule has 0 aromatic carbocycles. The van der Waals surface area contributed by atoms with Gasteiger partial charge in [0.25, 0.3) is 0 Å². The molecule has 0 spiro atoms. The van der Waals surface area contributed by atoms with Gasteiger partial charge in [-0.2, -0.15) is 5.10 Å². The maximum Gasteiger partial charge on any atom is 0.321 e. The second kappa shape index (κ2) is 6.39. The van der Waals surface area contributed by atoms with E-state index in [1.807, 2.05) is 13.2 Å². The molecule has 1 aliphatic rings. The van der Waals surface area contributed by atoms with Gasteiger partial charge in [0, 0.05) is 0 Å². The Morgan fingerprint density at radius 2 is 2.38 bits per heavy atom. The van der Waals surface area contributed by atoms with Crippen molar-refractivity contribution in [1.29, 1.82) is 0 Å². The Balaban J connectivity index is 2.76. The number of thioether (sulfide) groups is 2. The zero-order valence-corrected chi connectivity index (χ0v) is 11.7. The van der Waals surface area contributed by atoms with Crippen molar-refractivity contribution in [2.75, 3.05) is 12.9 Å². The standard InChI is InChI=1S/C10H18N2O2S2/c1-5-14-9(13)8-7(6(2)3)11-12-10(15-4)16-8/h6-8,11H,5H2,1-4H3/t7-,8-/m0/s1. The minimum Gasteiger partial charge on any atom is -0.465 e. The summed E-state index contributed by atoms with van der Waals surface area (Å²) in [5.41, 5.74) is 3.05. The van der Waals surface area contributed by atoms with Crippen LogP contribution < -0.4 is 5.43 Å². The van der Waals surface area contributed by atoms with E-state index < -0.39 is 0 Å². The molecule has 2 atom stereocenters. The largest absolute Gasteiger partial charge is 0.465 e. The van der Waals surface area contributed by atoms with Crippen LogP contribution in [0, 0.1) is 5.92 Å². The highest BCUT2D eigenvalue weighted by molar-refractivity contribution is 8.39. The number of esters is 1. The van der Waals surface area contributed by atoms with Gasteiger partial charge in [0.2, 0.25) is 0 Å². The molecule has 0 aromatic rings. The van der Waals surface area contributed by atoms with Crippen LogP contribution in [0.4, 0.5) is 0 Å². The summed E-state index contributed by atoms with van der Waals surface area (Å²) in [4.78, 5) is 11.8. The molecule has 16 heavy (non-hydrogen) atoms. The van der Waals surface area contributed by atoms with Crippen molar-refractivity contribution in [2.45, 2.75) is 32.1 Å². The van der Waals surface area contributed by atoms with Gasteiger partial charge < -0.3 is 10.2 Å². The molecule has 92 valence electrons. The van der Waals surface area contributed by atoms with Crippen LogP contribution in [0.15, 0.2) is 5.10 Å². The van der Waals surface area contributed by atoms with Gasteiger partial charge in [0.05, 0.1) is 12.6 Å². The quantitative estimate of drug-likeness (QED) is 0.787. The summed E-state index contributed by atoms with van der Waals surface area (Å²) in [7, 11) is 0.